The minimum Gasteiger partial charge on any atom is -0.369 e. The molecule has 0 radical (unpaired) electrons. The topological polar surface area (TPSA) is 38.6 Å². The van der Waals surface area contributed by atoms with Crippen LogP contribution in [0.2, 0.25) is 0 Å². The van der Waals surface area contributed by atoms with E-state index in [1.165, 1.54) is 5.69 Å². The van der Waals surface area contributed by atoms with Gasteiger partial charge in [-0.25, -0.2) is 4.98 Å². The summed E-state index contributed by atoms with van der Waals surface area (Å²) >= 11 is 0. The normalized spacial score (nSPS) is 21.4. The standard InChI is InChI=1S/C12H15N3O/c1-9-12(10-8-13-5-7-16-10)15-6-3-2-4-11(15)14-9/h2-4,6,10,13H,5,7-8H2,1H3. The number of aromatic nitrogens is 2. The van der Waals surface area contributed by atoms with Gasteiger partial charge in [-0.2, -0.15) is 0 Å². The van der Waals surface area contributed by atoms with Crippen molar-refractivity contribution in [3.63, 3.8) is 0 Å². The summed E-state index contributed by atoms with van der Waals surface area (Å²) in [5.74, 6) is 0. The van der Waals surface area contributed by atoms with Crippen LogP contribution in [-0.2, 0) is 4.74 Å². The fourth-order valence-electron chi connectivity index (χ4n) is 2.26. The first-order valence-corrected chi connectivity index (χ1v) is 5.62. The van der Waals surface area contributed by atoms with Crippen LogP contribution in [0.5, 0.6) is 0 Å². The van der Waals surface area contributed by atoms with E-state index in [0.29, 0.717) is 0 Å². The van der Waals surface area contributed by atoms with Crippen molar-refractivity contribution in [2.24, 2.45) is 0 Å². The number of pyridine rings is 1. The number of fused-ring (bicyclic) bond motifs is 1. The molecule has 1 aliphatic heterocycles. The van der Waals surface area contributed by atoms with Crippen LogP contribution in [0.3, 0.4) is 0 Å². The van der Waals surface area contributed by atoms with Crippen molar-refractivity contribution in [1.82, 2.24) is 14.7 Å². The first-order valence-electron chi connectivity index (χ1n) is 5.62. The molecule has 0 saturated carbocycles. The highest BCUT2D eigenvalue weighted by molar-refractivity contribution is 5.43. The lowest BCUT2D eigenvalue weighted by atomic mass is 10.2. The van der Waals surface area contributed by atoms with Gasteiger partial charge in [0.2, 0.25) is 0 Å². The molecule has 0 bridgehead atoms. The van der Waals surface area contributed by atoms with Gasteiger partial charge in [-0.05, 0) is 19.1 Å². The monoisotopic (exact) mass is 217 g/mol. The Hall–Kier alpha value is -1.39. The van der Waals surface area contributed by atoms with Crippen molar-refractivity contribution in [2.45, 2.75) is 13.0 Å². The lowest BCUT2D eigenvalue weighted by molar-refractivity contribution is 0.0241. The number of hydrogen-bond acceptors (Lipinski definition) is 3. The second-order valence-corrected chi connectivity index (χ2v) is 4.07. The number of nitrogens with one attached hydrogen (secondary N) is 1. The van der Waals surface area contributed by atoms with Gasteiger partial charge in [0, 0.05) is 19.3 Å². The maximum Gasteiger partial charge on any atom is 0.137 e. The van der Waals surface area contributed by atoms with Gasteiger partial charge < -0.3 is 14.5 Å². The third kappa shape index (κ3) is 1.50. The molecule has 2 aromatic heterocycles. The van der Waals surface area contributed by atoms with Crippen LogP contribution in [0.4, 0.5) is 0 Å². The molecule has 0 amide bonds. The molecule has 84 valence electrons. The zero-order valence-electron chi connectivity index (χ0n) is 9.31. The summed E-state index contributed by atoms with van der Waals surface area (Å²) in [5.41, 5.74) is 3.21. The van der Waals surface area contributed by atoms with Crippen molar-refractivity contribution in [1.29, 1.82) is 0 Å². The van der Waals surface area contributed by atoms with Crippen molar-refractivity contribution in [3.05, 3.63) is 35.8 Å². The molecule has 0 aliphatic carbocycles. The average Bonchev–Trinajstić information content (AvgIpc) is 2.66. The first-order chi connectivity index (χ1) is 7.86. The lowest BCUT2D eigenvalue weighted by Gasteiger charge is -2.23. The van der Waals surface area contributed by atoms with Gasteiger partial charge in [0.1, 0.15) is 11.8 Å². The molecule has 1 N–H and O–H groups in total. The zero-order chi connectivity index (χ0) is 11.0. The molecule has 3 heterocycles. The summed E-state index contributed by atoms with van der Waals surface area (Å²) in [7, 11) is 0. The Balaban J connectivity index is 2.10. The van der Waals surface area contributed by atoms with E-state index in [-0.39, 0.29) is 6.10 Å². The molecule has 1 atom stereocenters. The second-order valence-electron chi connectivity index (χ2n) is 4.07. The van der Waals surface area contributed by atoms with Crippen LogP contribution in [0.1, 0.15) is 17.5 Å². The number of imidazole rings is 1. The molecule has 0 spiro atoms. The van der Waals surface area contributed by atoms with E-state index in [1.807, 2.05) is 31.3 Å². The van der Waals surface area contributed by atoms with Gasteiger partial charge >= 0.3 is 0 Å². The SMILES string of the molecule is Cc1nc2ccccn2c1C1CNCCO1. The van der Waals surface area contributed by atoms with E-state index >= 15 is 0 Å². The third-order valence-electron chi connectivity index (χ3n) is 2.98. The first kappa shape index (κ1) is 9.81. The summed E-state index contributed by atoms with van der Waals surface area (Å²) in [6.45, 7) is 4.61. The number of hydrogen-bond donors (Lipinski definition) is 1. The third-order valence-corrected chi connectivity index (χ3v) is 2.98. The molecular formula is C12H15N3O. The van der Waals surface area contributed by atoms with Crippen LogP contribution in [0.25, 0.3) is 5.65 Å². The maximum absolute atomic E-state index is 5.79. The van der Waals surface area contributed by atoms with Crippen molar-refractivity contribution in [3.8, 4) is 0 Å². The second kappa shape index (κ2) is 3.88. The molecule has 1 aliphatic rings. The van der Waals surface area contributed by atoms with Crippen molar-refractivity contribution < 1.29 is 4.74 Å². The Morgan fingerprint density at radius 3 is 3.25 bits per heavy atom. The van der Waals surface area contributed by atoms with Gasteiger partial charge in [-0.1, -0.05) is 6.07 Å². The van der Waals surface area contributed by atoms with E-state index in [4.69, 9.17) is 4.74 Å². The minimum atomic E-state index is 0.117. The highest BCUT2D eigenvalue weighted by atomic mass is 16.5. The summed E-state index contributed by atoms with van der Waals surface area (Å²) < 4.78 is 7.91. The zero-order valence-corrected chi connectivity index (χ0v) is 9.31. The Bertz CT molecular complexity index is 500. The molecule has 4 heteroatoms. The van der Waals surface area contributed by atoms with E-state index < -0.39 is 0 Å². The van der Waals surface area contributed by atoms with Gasteiger partial charge in [0.25, 0.3) is 0 Å². The number of ether oxygens (including phenoxy) is 1. The number of aryl methyl sites for hydroxylation is 1. The lowest BCUT2D eigenvalue weighted by Crippen LogP contribution is -2.34. The molecule has 1 saturated heterocycles. The Morgan fingerprint density at radius 1 is 1.50 bits per heavy atom. The summed E-state index contributed by atoms with van der Waals surface area (Å²) in [5, 5.41) is 3.35. The summed E-state index contributed by atoms with van der Waals surface area (Å²) in [6.07, 6.45) is 2.16. The minimum absolute atomic E-state index is 0.117. The summed E-state index contributed by atoms with van der Waals surface area (Å²) in [6, 6.07) is 6.05. The van der Waals surface area contributed by atoms with Crippen molar-refractivity contribution >= 4 is 5.65 Å². The predicted octanol–water partition coefficient (Wildman–Crippen LogP) is 1.30. The van der Waals surface area contributed by atoms with Crippen LogP contribution >= 0.6 is 0 Å². The van der Waals surface area contributed by atoms with E-state index in [2.05, 4.69) is 14.7 Å². The molecule has 4 nitrogen and oxygen atoms in total. The molecule has 3 rings (SSSR count). The van der Waals surface area contributed by atoms with E-state index in [9.17, 15) is 0 Å². The fourth-order valence-corrected chi connectivity index (χ4v) is 2.26. The van der Waals surface area contributed by atoms with Gasteiger partial charge in [0.05, 0.1) is 18.0 Å². The van der Waals surface area contributed by atoms with Gasteiger partial charge in [0.15, 0.2) is 0 Å². The molecule has 1 unspecified atom stereocenters. The highest BCUT2D eigenvalue weighted by Crippen LogP contribution is 2.23. The molecule has 16 heavy (non-hydrogen) atoms. The van der Waals surface area contributed by atoms with Gasteiger partial charge in [-0.15, -0.1) is 0 Å². The van der Waals surface area contributed by atoms with Crippen LogP contribution in [0.15, 0.2) is 24.4 Å². The quantitative estimate of drug-likeness (QED) is 0.782. The smallest absolute Gasteiger partial charge is 0.137 e. The largest absolute Gasteiger partial charge is 0.369 e. The molecule has 0 aromatic carbocycles. The van der Waals surface area contributed by atoms with Crippen molar-refractivity contribution in [2.75, 3.05) is 19.7 Å². The molecular weight excluding hydrogens is 202 g/mol. The molecule has 1 fully saturated rings. The van der Waals surface area contributed by atoms with Gasteiger partial charge in [-0.3, -0.25) is 0 Å². The number of morpholine rings is 1. The predicted molar refractivity (Wildman–Crippen MR) is 61.5 cm³/mol. The van der Waals surface area contributed by atoms with E-state index in [0.717, 1.165) is 31.0 Å². The average molecular weight is 217 g/mol. The van der Waals surface area contributed by atoms with E-state index in [1.54, 1.807) is 0 Å². The fraction of sp³-hybridized carbons (Fsp3) is 0.417. The molecule has 2 aromatic rings. The van der Waals surface area contributed by atoms with Crippen LogP contribution < -0.4 is 5.32 Å². The van der Waals surface area contributed by atoms with Crippen LogP contribution in [-0.4, -0.2) is 29.1 Å². The Labute approximate surface area is 94.3 Å². The summed E-state index contributed by atoms with van der Waals surface area (Å²) in [4.78, 5) is 4.54. The Kier molecular flexibility index (Phi) is 2.38. The number of nitrogens with zero attached hydrogens (tertiary/aromatic N) is 2. The maximum atomic E-state index is 5.79. The Morgan fingerprint density at radius 2 is 2.44 bits per heavy atom. The van der Waals surface area contributed by atoms with Crippen LogP contribution in [0, 0.1) is 6.92 Å². The highest BCUT2D eigenvalue weighted by Gasteiger charge is 2.21. The number of rotatable bonds is 1.